The number of aryl methyl sites for hydroxylation is 1. The van der Waals surface area contributed by atoms with Gasteiger partial charge in [-0.15, -0.1) is 10.2 Å². The Kier molecular flexibility index (Phi) is 2.74. The van der Waals surface area contributed by atoms with Crippen molar-refractivity contribution in [2.24, 2.45) is 0 Å². The number of hydrogen-bond donors (Lipinski definition) is 1. The Bertz CT molecular complexity index is 592. The molecule has 0 atom stereocenters. The van der Waals surface area contributed by atoms with E-state index in [2.05, 4.69) is 41.7 Å². The van der Waals surface area contributed by atoms with Crippen LogP contribution in [0.5, 0.6) is 0 Å². The van der Waals surface area contributed by atoms with Gasteiger partial charge >= 0.3 is 0 Å². The quantitative estimate of drug-likeness (QED) is 0.818. The minimum Gasteiger partial charge on any atom is -0.398 e. The first-order valence-electron chi connectivity index (χ1n) is 5.82. The van der Waals surface area contributed by atoms with E-state index in [0.717, 1.165) is 46.9 Å². The van der Waals surface area contributed by atoms with Crippen LogP contribution in [-0.4, -0.2) is 21.3 Å². The maximum atomic E-state index is 5.90. The lowest BCUT2D eigenvalue weighted by molar-refractivity contribution is 0.559. The molecule has 0 aliphatic carbocycles. The van der Waals surface area contributed by atoms with Crippen LogP contribution >= 0.6 is 15.9 Å². The van der Waals surface area contributed by atoms with Crippen molar-refractivity contribution >= 4 is 27.3 Å². The summed E-state index contributed by atoms with van der Waals surface area (Å²) in [7, 11) is 0. The Morgan fingerprint density at radius 3 is 3.00 bits per heavy atom. The van der Waals surface area contributed by atoms with E-state index in [1.165, 1.54) is 0 Å². The summed E-state index contributed by atoms with van der Waals surface area (Å²) in [5, 5.41) is 8.07. The highest BCUT2D eigenvalue weighted by atomic mass is 79.9. The van der Waals surface area contributed by atoms with E-state index in [1.54, 1.807) is 6.33 Å². The molecule has 2 N–H and O–H groups in total. The Labute approximate surface area is 114 Å². The molecule has 0 bridgehead atoms. The van der Waals surface area contributed by atoms with Gasteiger partial charge in [0.2, 0.25) is 0 Å². The molecule has 0 saturated carbocycles. The van der Waals surface area contributed by atoms with Crippen LogP contribution in [0.1, 0.15) is 11.4 Å². The lowest BCUT2D eigenvalue weighted by Gasteiger charge is -2.30. The number of nitrogens with zero attached hydrogens (tertiary/aromatic N) is 4. The number of benzene rings is 1. The topological polar surface area (TPSA) is 60.0 Å². The number of nitrogen functional groups attached to an aromatic ring is 1. The summed E-state index contributed by atoms with van der Waals surface area (Å²) in [5.74, 6) is 1.00. The summed E-state index contributed by atoms with van der Waals surface area (Å²) in [6, 6.07) is 4.08. The van der Waals surface area contributed by atoms with E-state index in [9.17, 15) is 0 Å². The molecule has 0 saturated heterocycles. The Balaban J connectivity index is 1.95. The molecule has 6 heteroatoms. The minimum atomic E-state index is 0.780. The maximum absolute atomic E-state index is 5.90. The summed E-state index contributed by atoms with van der Waals surface area (Å²) in [6.07, 6.45) is 1.79. The highest BCUT2D eigenvalue weighted by Crippen LogP contribution is 2.32. The molecule has 0 fully saturated rings. The molecule has 0 spiro atoms. The highest BCUT2D eigenvalue weighted by Gasteiger charge is 2.19. The summed E-state index contributed by atoms with van der Waals surface area (Å²) in [5.41, 5.74) is 8.98. The van der Waals surface area contributed by atoms with Crippen molar-refractivity contribution in [1.82, 2.24) is 14.8 Å². The van der Waals surface area contributed by atoms with Crippen LogP contribution in [-0.2, 0) is 13.1 Å². The lowest BCUT2D eigenvalue weighted by Crippen LogP contribution is -2.33. The van der Waals surface area contributed by atoms with E-state index in [4.69, 9.17) is 5.73 Å². The summed E-state index contributed by atoms with van der Waals surface area (Å²) < 4.78 is 3.12. The molecule has 5 nitrogen and oxygen atoms in total. The third kappa shape index (κ3) is 1.86. The molecule has 94 valence electrons. The number of fused-ring (bicyclic) bond motifs is 1. The third-order valence-corrected chi connectivity index (χ3v) is 3.95. The minimum absolute atomic E-state index is 0.780. The average Bonchev–Trinajstić information content (AvgIpc) is 2.80. The predicted molar refractivity (Wildman–Crippen MR) is 74.4 cm³/mol. The standard InChI is InChI=1S/C12H14BrN5/c1-8-4-11(9(13)5-10(8)14)17-2-3-18-7-15-16-12(18)6-17/h4-5,7H,2-3,6,14H2,1H3. The molecular formula is C12H14BrN5. The van der Waals surface area contributed by atoms with Gasteiger partial charge in [0.25, 0.3) is 0 Å². The number of halogens is 1. The largest absolute Gasteiger partial charge is 0.398 e. The van der Waals surface area contributed by atoms with Gasteiger partial charge < -0.3 is 15.2 Å². The molecule has 18 heavy (non-hydrogen) atoms. The van der Waals surface area contributed by atoms with Gasteiger partial charge in [0.1, 0.15) is 6.33 Å². The van der Waals surface area contributed by atoms with Gasteiger partial charge in [0, 0.05) is 23.2 Å². The van der Waals surface area contributed by atoms with Gasteiger partial charge in [-0.3, -0.25) is 0 Å². The van der Waals surface area contributed by atoms with Crippen LogP contribution in [0.3, 0.4) is 0 Å². The van der Waals surface area contributed by atoms with Crippen molar-refractivity contribution in [2.75, 3.05) is 17.2 Å². The first kappa shape index (κ1) is 11.5. The molecule has 3 rings (SSSR count). The summed E-state index contributed by atoms with van der Waals surface area (Å²) in [6.45, 7) is 4.67. The molecule has 1 aromatic carbocycles. The van der Waals surface area contributed by atoms with E-state index in [-0.39, 0.29) is 0 Å². The van der Waals surface area contributed by atoms with Crippen LogP contribution in [0.15, 0.2) is 22.9 Å². The number of rotatable bonds is 1. The summed E-state index contributed by atoms with van der Waals surface area (Å²) >= 11 is 3.58. The molecule has 1 aliphatic heterocycles. The molecule has 0 amide bonds. The maximum Gasteiger partial charge on any atom is 0.152 e. The zero-order valence-electron chi connectivity index (χ0n) is 10.1. The molecule has 2 heterocycles. The normalized spacial score (nSPS) is 14.7. The van der Waals surface area contributed by atoms with Crippen molar-refractivity contribution in [1.29, 1.82) is 0 Å². The van der Waals surface area contributed by atoms with E-state index in [0.29, 0.717) is 0 Å². The van der Waals surface area contributed by atoms with E-state index >= 15 is 0 Å². The van der Waals surface area contributed by atoms with Gasteiger partial charge in [-0.05, 0) is 40.5 Å². The molecule has 1 aromatic heterocycles. The first-order chi connectivity index (χ1) is 8.65. The van der Waals surface area contributed by atoms with Crippen LogP contribution in [0.2, 0.25) is 0 Å². The Morgan fingerprint density at radius 2 is 2.17 bits per heavy atom. The molecular weight excluding hydrogens is 294 g/mol. The van der Waals surface area contributed by atoms with E-state index in [1.807, 2.05) is 13.0 Å². The van der Waals surface area contributed by atoms with Crippen LogP contribution in [0.25, 0.3) is 0 Å². The predicted octanol–water partition coefficient (Wildman–Crippen LogP) is 1.95. The van der Waals surface area contributed by atoms with Crippen LogP contribution in [0.4, 0.5) is 11.4 Å². The van der Waals surface area contributed by atoms with Crippen molar-refractivity contribution in [3.8, 4) is 0 Å². The number of hydrogen-bond acceptors (Lipinski definition) is 4. The van der Waals surface area contributed by atoms with Gasteiger partial charge in [-0.1, -0.05) is 0 Å². The van der Waals surface area contributed by atoms with Gasteiger partial charge in [-0.2, -0.15) is 0 Å². The highest BCUT2D eigenvalue weighted by molar-refractivity contribution is 9.10. The second kappa shape index (κ2) is 4.28. The Hall–Kier alpha value is -1.56. The average molecular weight is 308 g/mol. The lowest BCUT2D eigenvalue weighted by atomic mass is 10.1. The fourth-order valence-corrected chi connectivity index (χ4v) is 2.81. The van der Waals surface area contributed by atoms with Crippen molar-refractivity contribution in [3.63, 3.8) is 0 Å². The zero-order chi connectivity index (χ0) is 12.7. The van der Waals surface area contributed by atoms with Gasteiger partial charge in [0.15, 0.2) is 5.82 Å². The number of nitrogens with two attached hydrogens (primary N) is 1. The Morgan fingerprint density at radius 1 is 1.33 bits per heavy atom. The van der Waals surface area contributed by atoms with E-state index < -0.39 is 0 Å². The second-order valence-corrected chi connectivity index (χ2v) is 5.38. The number of anilines is 2. The zero-order valence-corrected chi connectivity index (χ0v) is 11.7. The fraction of sp³-hybridized carbons (Fsp3) is 0.333. The molecule has 0 radical (unpaired) electrons. The van der Waals surface area contributed by atoms with Crippen LogP contribution < -0.4 is 10.6 Å². The molecule has 1 aliphatic rings. The SMILES string of the molecule is Cc1cc(N2CCn3cnnc3C2)c(Br)cc1N. The molecule has 2 aromatic rings. The molecule has 0 unspecified atom stereocenters. The smallest absolute Gasteiger partial charge is 0.152 e. The summed E-state index contributed by atoms with van der Waals surface area (Å²) in [4.78, 5) is 2.29. The monoisotopic (exact) mass is 307 g/mol. The fourth-order valence-electron chi connectivity index (χ4n) is 2.20. The van der Waals surface area contributed by atoms with Crippen molar-refractivity contribution in [3.05, 3.63) is 34.3 Å². The first-order valence-corrected chi connectivity index (χ1v) is 6.61. The van der Waals surface area contributed by atoms with Crippen molar-refractivity contribution < 1.29 is 0 Å². The van der Waals surface area contributed by atoms with Gasteiger partial charge in [0.05, 0.1) is 12.2 Å². The van der Waals surface area contributed by atoms with Gasteiger partial charge in [-0.25, -0.2) is 0 Å². The third-order valence-electron chi connectivity index (χ3n) is 3.32. The van der Waals surface area contributed by atoms with Crippen LogP contribution in [0, 0.1) is 6.92 Å². The van der Waals surface area contributed by atoms with Crippen molar-refractivity contribution in [2.45, 2.75) is 20.0 Å². The number of aromatic nitrogens is 3. The second-order valence-electron chi connectivity index (χ2n) is 4.52.